The van der Waals surface area contributed by atoms with Crippen molar-refractivity contribution in [2.75, 3.05) is 13.2 Å². The monoisotopic (exact) mass is 202 g/mol. The number of nitrogens with one attached hydrogen (secondary N) is 1. The van der Waals surface area contributed by atoms with Crippen LogP contribution in [0, 0.1) is 0 Å². The molecule has 14 heavy (non-hydrogen) atoms. The summed E-state index contributed by atoms with van der Waals surface area (Å²) >= 11 is 0. The molecule has 1 rings (SSSR count). The Balaban J connectivity index is 2.41. The van der Waals surface area contributed by atoms with E-state index in [-0.39, 0.29) is 19.3 Å². The second kappa shape index (κ2) is 5.07. The maximum Gasteiger partial charge on any atom is 0.0633 e. The molecule has 0 aromatic carbocycles. The average molecular weight is 202 g/mol. The Bertz CT molecular complexity index is 172. The van der Waals surface area contributed by atoms with E-state index in [1.54, 1.807) is 0 Å². The lowest BCUT2D eigenvalue weighted by atomic mass is 9.89. The molecule has 2 atom stereocenters. The van der Waals surface area contributed by atoms with E-state index in [2.05, 4.69) is 5.32 Å². The zero-order valence-electron chi connectivity index (χ0n) is 8.87. The summed E-state index contributed by atoms with van der Waals surface area (Å²) in [4.78, 5) is 0. The summed E-state index contributed by atoms with van der Waals surface area (Å²) in [5, 5.41) is 21.5. The molecule has 0 aliphatic heterocycles. The molecular weight excluding hydrogens is 180 g/mol. The molecule has 1 fully saturated rings. The predicted octanol–water partition coefficient (Wildman–Crippen LogP) is -0.411. The molecule has 0 amide bonds. The van der Waals surface area contributed by atoms with E-state index < -0.39 is 5.54 Å². The van der Waals surface area contributed by atoms with E-state index in [0.717, 1.165) is 25.7 Å². The van der Waals surface area contributed by atoms with Gasteiger partial charge in [-0.15, -0.1) is 0 Å². The number of hydrogen-bond donors (Lipinski definition) is 4. The van der Waals surface area contributed by atoms with E-state index in [1.807, 2.05) is 6.92 Å². The lowest BCUT2D eigenvalue weighted by Crippen LogP contribution is -2.55. The van der Waals surface area contributed by atoms with Gasteiger partial charge in [0.2, 0.25) is 0 Å². The van der Waals surface area contributed by atoms with Crippen LogP contribution in [-0.4, -0.2) is 41.0 Å². The zero-order valence-corrected chi connectivity index (χ0v) is 8.87. The Labute approximate surface area is 85.5 Å². The summed E-state index contributed by atoms with van der Waals surface area (Å²) in [6, 6.07) is 0.603. The first kappa shape index (κ1) is 11.9. The number of aliphatic hydroxyl groups excluding tert-OH is 2. The van der Waals surface area contributed by atoms with Crippen molar-refractivity contribution in [3.8, 4) is 0 Å². The fourth-order valence-corrected chi connectivity index (χ4v) is 1.99. The van der Waals surface area contributed by atoms with Crippen LogP contribution in [0.15, 0.2) is 0 Å². The maximum atomic E-state index is 9.13. The van der Waals surface area contributed by atoms with Crippen LogP contribution in [0.5, 0.6) is 0 Å². The minimum absolute atomic E-state index is 0.0464. The molecule has 2 unspecified atom stereocenters. The average Bonchev–Trinajstić information content (AvgIpc) is 2.18. The highest BCUT2D eigenvalue weighted by Crippen LogP contribution is 2.19. The van der Waals surface area contributed by atoms with Crippen molar-refractivity contribution in [1.29, 1.82) is 0 Å². The first-order valence-corrected chi connectivity index (χ1v) is 5.34. The summed E-state index contributed by atoms with van der Waals surface area (Å²) in [5.41, 5.74) is 5.29. The number of hydrogen-bond acceptors (Lipinski definition) is 4. The third-order valence-electron chi connectivity index (χ3n) is 2.97. The van der Waals surface area contributed by atoms with Crippen LogP contribution in [0.4, 0.5) is 0 Å². The Kier molecular flexibility index (Phi) is 4.31. The molecule has 5 N–H and O–H groups in total. The Morgan fingerprint density at radius 2 is 2.00 bits per heavy atom. The highest BCUT2D eigenvalue weighted by Gasteiger charge is 2.28. The van der Waals surface area contributed by atoms with Crippen LogP contribution in [0.3, 0.4) is 0 Å². The third-order valence-corrected chi connectivity index (χ3v) is 2.97. The Morgan fingerprint density at radius 1 is 1.36 bits per heavy atom. The Morgan fingerprint density at radius 3 is 2.50 bits per heavy atom. The van der Waals surface area contributed by atoms with Crippen LogP contribution in [-0.2, 0) is 0 Å². The van der Waals surface area contributed by atoms with Gasteiger partial charge >= 0.3 is 0 Å². The van der Waals surface area contributed by atoms with E-state index in [1.165, 1.54) is 0 Å². The fourth-order valence-electron chi connectivity index (χ4n) is 1.99. The fraction of sp³-hybridized carbons (Fsp3) is 1.00. The molecule has 1 aliphatic rings. The molecule has 0 spiro atoms. The van der Waals surface area contributed by atoms with Crippen molar-refractivity contribution in [2.45, 2.75) is 50.2 Å². The van der Waals surface area contributed by atoms with Crippen LogP contribution in [0.2, 0.25) is 0 Å². The van der Waals surface area contributed by atoms with Gasteiger partial charge in [-0.1, -0.05) is 6.42 Å². The molecule has 84 valence electrons. The minimum Gasteiger partial charge on any atom is -0.394 e. The van der Waals surface area contributed by atoms with Crippen molar-refractivity contribution < 1.29 is 10.2 Å². The largest absolute Gasteiger partial charge is 0.394 e. The first-order valence-electron chi connectivity index (χ1n) is 5.34. The molecule has 0 aromatic heterocycles. The molecule has 4 nitrogen and oxygen atoms in total. The zero-order chi connectivity index (χ0) is 10.6. The lowest BCUT2D eigenvalue weighted by molar-refractivity contribution is 0.0870. The number of aliphatic hydroxyl groups is 2. The van der Waals surface area contributed by atoms with E-state index in [0.29, 0.717) is 6.04 Å². The Hall–Kier alpha value is -0.160. The second-order valence-corrected chi connectivity index (χ2v) is 4.64. The number of rotatable bonds is 4. The van der Waals surface area contributed by atoms with Crippen LogP contribution < -0.4 is 11.1 Å². The second-order valence-electron chi connectivity index (χ2n) is 4.64. The predicted molar refractivity (Wildman–Crippen MR) is 55.9 cm³/mol. The summed E-state index contributed by atoms with van der Waals surface area (Å²) in [7, 11) is 0. The van der Waals surface area contributed by atoms with Crippen molar-refractivity contribution in [3.63, 3.8) is 0 Å². The van der Waals surface area contributed by atoms with E-state index in [9.17, 15) is 0 Å². The third kappa shape index (κ3) is 3.20. The van der Waals surface area contributed by atoms with Crippen LogP contribution in [0.1, 0.15) is 32.6 Å². The van der Waals surface area contributed by atoms with Gasteiger partial charge in [0.25, 0.3) is 0 Å². The summed E-state index contributed by atoms with van der Waals surface area (Å²) in [6.07, 6.45) is 4.25. The summed E-state index contributed by atoms with van der Waals surface area (Å²) in [5.74, 6) is 0. The first-order chi connectivity index (χ1) is 6.59. The van der Waals surface area contributed by atoms with Gasteiger partial charge in [-0.2, -0.15) is 0 Å². The van der Waals surface area contributed by atoms with E-state index in [4.69, 9.17) is 15.9 Å². The standard InChI is InChI=1S/C10H22N2O2/c1-10(6-13,7-14)12-9-4-2-3-8(11)5-9/h8-9,12-14H,2-7,11H2,1H3. The quantitative estimate of drug-likeness (QED) is 0.500. The molecule has 0 saturated heterocycles. The summed E-state index contributed by atoms with van der Waals surface area (Å²) in [6.45, 7) is 1.73. The number of nitrogens with two attached hydrogens (primary N) is 1. The van der Waals surface area contributed by atoms with Crippen molar-refractivity contribution in [3.05, 3.63) is 0 Å². The molecular formula is C10H22N2O2. The van der Waals surface area contributed by atoms with Crippen molar-refractivity contribution in [1.82, 2.24) is 5.32 Å². The highest BCUT2D eigenvalue weighted by molar-refractivity contribution is 4.89. The molecule has 0 radical (unpaired) electrons. The molecule has 0 bridgehead atoms. The molecule has 1 saturated carbocycles. The van der Waals surface area contributed by atoms with Gasteiger partial charge in [0.1, 0.15) is 0 Å². The molecule has 0 heterocycles. The lowest BCUT2D eigenvalue weighted by Gasteiger charge is -2.35. The van der Waals surface area contributed by atoms with Crippen molar-refractivity contribution in [2.24, 2.45) is 5.73 Å². The molecule has 4 heteroatoms. The summed E-state index contributed by atoms with van der Waals surface area (Å²) < 4.78 is 0. The van der Waals surface area contributed by atoms with Crippen LogP contribution >= 0.6 is 0 Å². The highest BCUT2D eigenvalue weighted by atomic mass is 16.3. The topological polar surface area (TPSA) is 78.5 Å². The van der Waals surface area contributed by atoms with Gasteiger partial charge in [0.05, 0.1) is 18.8 Å². The van der Waals surface area contributed by atoms with Gasteiger partial charge in [0, 0.05) is 12.1 Å². The maximum absolute atomic E-state index is 9.13. The van der Waals surface area contributed by atoms with Gasteiger partial charge in [-0.3, -0.25) is 0 Å². The normalized spacial score (nSPS) is 29.1. The minimum atomic E-state index is -0.568. The van der Waals surface area contributed by atoms with Gasteiger partial charge in [0.15, 0.2) is 0 Å². The van der Waals surface area contributed by atoms with Gasteiger partial charge in [-0.05, 0) is 26.2 Å². The van der Waals surface area contributed by atoms with Crippen molar-refractivity contribution >= 4 is 0 Å². The molecule has 0 aromatic rings. The SMILES string of the molecule is CC(CO)(CO)NC1CCCC(N)C1. The van der Waals surface area contributed by atoms with E-state index >= 15 is 0 Å². The smallest absolute Gasteiger partial charge is 0.0633 e. The van der Waals surface area contributed by atoms with Gasteiger partial charge < -0.3 is 21.3 Å². The van der Waals surface area contributed by atoms with Gasteiger partial charge in [-0.25, -0.2) is 0 Å². The molecule has 1 aliphatic carbocycles. The van der Waals surface area contributed by atoms with Crippen LogP contribution in [0.25, 0.3) is 0 Å².